The van der Waals surface area contributed by atoms with E-state index >= 15 is 0 Å². The van der Waals surface area contributed by atoms with Crippen LogP contribution in [0.1, 0.15) is 57.1 Å². The molecule has 0 saturated heterocycles. The molecular weight excluding hydrogens is 168 g/mol. The van der Waals surface area contributed by atoms with Crippen molar-refractivity contribution in [2.24, 2.45) is 0 Å². The highest BCUT2D eigenvalue weighted by Gasteiger charge is 2.12. The first kappa shape index (κ1) is 11.3. The Morgan fingerprint density at radius 3 is 2.57 bits per heavy atom. The van der Waals surface area contributed by atoms with Crippen LogP contribution in [0, 0.1) is 0 Å². The van der Waals surface area contributed by atoms with E-state index in [1.165, 1.54) is 25.7 Å². The van der Waals surface area contributed by atoms with E-state index in [-0.39, 0.29) is 0 Å². The summed E-state index contributed by atoms with van der Waals surface area (Å²) in [6, 6.07) is 8.92. The molecule has 2 rings (SSSR count). The minimum absolute atomic E-state index is 0.781. The highest BCUT2D eigenvalue weighted by atomic mass is 14.2. The Labute approximate surface area is 88.4 Å². The predicted octanol–water partition coefficient (Wildman–Crippen LogP) is 4.54. The minimum atomic E-state index is 0.781. The van der Waals surface area contributed by atoms with E-state index in [4.69, 9.17) is 0 Å². The van der Waals surface area contributed by atoms with E-state index < -0.39 is 0 Å². The molecule has 0 spiro atoms. The summed E-state index contributed by atoms with van der Waals surface area (Å²) in [6.45, 7) is 6.35. The molecule has 78 valence electrons. The van der Waals surface area contributed by atoms with Crippen molar-refractivity contribution in [3.05, 3.63) is 35.4 Å². The van der Waals surface area contributed by atoms with Crippen LogP contribution in [0.3, 0.4) is 0 Å². The van der Waals surface area contributed by atoms with E-state index in [1.807, 2.05) is 13.8 Å². The molecule has 14 heavy (non-hydrogen) atoms. The molecular formula is C14H22. The first-order chi connectivity index (χ1) is 6.88. The molecule has 1 aromatic rings. The Morgan fingerprint density at radius 1 is 1.07 bits per heavy atom. The largest absolute Gasteiger partial charge is 0.0683 e. The van der Waals surface area contributed by atoms with Crippen molar-refractivity contribution in [2.75, 3.05) is 0 Å². The normalized spacial score (nSPS) is 20.1. The number of benzene rings is 1. The zero-order valence-electron chi connectivity index (χ0n) is 9.72. The lowest BCUT2D eigenvalue weighted by Crippen LogP contribution is -1.94. The van der Waals surface area contributed by atoms with Gasteiger partial charge in [-0.1, -0.05) is 51.5 Å². The molecule has 0 aromatic heterocycles. The summed E-state index contributed by atoms with van der Waals surface area (Å²) in [5, 5.41) is 0. The topological polar surface area (TPSA) is 0 Å². The van der Waals surface area contributed by atoms with Crippen LogP contribution in [0.5, 0.6) is 0 Å². The Hall–Kier alpha value is -0.780. The standard InChI is InChI=1S/C12H16.C2H6/c1-10-6-2-3-7-11-8-4-5-9-12(10)11;1-2/h4-5,8-10H,2-3,6-7H2,1H3;1-2H3. The fourth-order valence-electron chi connectivity index (χ4n) is 2.16. The van der Waals surface area contributed by atoms with Crippen molar-refractivity contribution in [1.29, 1.82) is 0 Å². The van der Waals surface area contributed by atoms with Crippen LogP contribution in [0.15, 0.2) is 24.3 Å². The maximum atomic E-state index is 2.35. The second-order valence-corrected chi connectivity index (χ2v) is 3.85. The van der Waals surface area contributed by atoms with Crippen molar-refractivity contribution in [3.8, 4) is 0 Å². The molecule has 1 aliphatic carbocycles. The van der Waals surface area contributed by atoms with Gasteiger partial charge in [0, 0.05) is 0 Å². The Balaban J connectivity index is 0.000000461. The van der Waals surface area contributed by atoms with Gasteiger partial charge in [-0.15, -0.1) is 0 Å². The summed E-state index contributed by atoms with van der Waals surface area (Å²) in [7, 11) is 0. The number of fused-ring (bicyclic) bond motifs is 1. The number of hydrogen-bond donors (Lipinski definition) is 0. The van der Waals surface area contributed by atoms with Crippen LogP contribution in [0.25, 0.3) is 0 Å². The van der Waals surface area contributed by atoms with Gasteiger partial charge >= 0.3 is 0 Å². The molecule has 0 nitrogen and oxygen atoms in total. The maximum absolute atomic E-state index is 2.35. The van der Waals surface area contributed by atoms with Gasteiger partial charge in [0.15, 0.2) is 0 Å². The van der Waals surface area contributed by atoms with Gasteiger partial charge in [0.05, 0.1) is 0 Å². The zero-order chi connectivity index (χ0) is 10.4. The Bertz CT molecular complexity index is 262. The van der Waals surface area contributed by atoms with Crippen LogP contribution in [0.4, 0.5) is 0 Å². The number of hydrogen-bond acceptors (Lipinski definition) is 0. The van der Waals surface area contributed by atoms with Crippen molar-refractivity contribution >= 4 is 0 Å². The molecule has 1 aromatic carbocycles. The van der Waals surface area contributed by atoms with Crippen molar-refractivity contribution < 1.29 is 0 Å². The SMILES string of the molecule is CC.CC1CCCCc2ccccc21. The van der Waals surface area contributed by atoms with E-state index in [2.05, 4.69) is 31.2 Å². The van der Waals surface area contributed by atoms with Gasteiger partial charge in [-0.3, -0.25) is 0 Å². The highest BCUT2D eigenvalue weighted by Crippen LogP contribution is 2.29. The van der Waals surface area contributed by atoms with Crippen LogP contribution in [-0.4, -0.2) is 0 Å². The maximum Gasteiger partial charge on any atom is -0.0188 e. The van der Waals surface area contributed by atoms with Gasteiger partial charge < -0.3 is 0 Å². The number of rotatable bonds is 0. The van der Waals surface area contributed by atoms with Crippen molar-refractivity contribution in [1.82, 2.24) is 0 Å². The summed E-state index contributed by atoms with van der Waals surface area (Å²) in [6.07, 6.45) is 5.44. The fourth-order valence-corrected chi connectivity index (χ4v) is 2.16. The average molecular weight is 190 g/mol. The zero-order valence-corrected chi connectivity index (χ0v) is 9.72. The van der Waals surface area contributed by atoms with Crippen LogP contribution < -0.4 is 0 Å². The first-order valence-electron chi connectivity index (χ1n) is 5.96. The third kappa shape index (κ3) is 2.60. The van der Waals surface area contributed by atoms with Crippen molar-refractivity contribution in [3.63, 3.8) is 0 Å². The Morgan fingerprint density at radius 2 is 1.79 bits per heavy atom. The molecule has 0 radical (unpaired) electrons. The molecule has 1 atom stereocenters. The second kappa shape index (κ2) is 5.85. The molecule has 0 bridgehead atoms. The van der Waals surface area contributed by atoms with Crippen LogP contribution in [-0.2, 0) is 6.42 Å². The molecule has 0 aliphatic heterocycles. The van der Waals surface area contributed by atoms with Crippen LogP contribution >= 0.6 is 0 Å². The Kier molecular flexibility index (Phi) is 4.72. The molecule has 0 heteroatoms. The third-order valence-electron chi connectivity index (χ3n) is 2.92. The van der Waals surface area contributed by atoms with Crippen LogP contribution in [0.2, 0.25) is 0 Å². The predicted molar refractivity (Wildman–Crippen MR) is 63.8 cm³/mol. The van der Waals surface area contributed by atoms with E-state index in [0.717, 1.165) is 5.92 Å². The quantitative estimate of drug-likeness (QED) is 0.527. The van der Waals surface area contributed by atoms with Gasteiger partial charge in [0.2, 0.25) is 0 Å². The summed E-state index contributed by atoms with van der Waals surface area (Å²) in [5.74, 6) is 0.781. The lowest BCUT2D eigenvalue weighted by atomic mass is 9.95. The molecule has 0 heterocycles. The number of aryl methyl sites for hydroxylation is 1. The smallest absolute Gasteiger partial charge is 0.0188 e. The third-order valence-corrected chi connectivity index (χ3v) is 2.92. The average Bonchev–Trinajstić information content (AvgIpc) is 2.45. The van der Waals surface area contributed by atoms with Gasteiger partial charge in [0.1, 0.15) is 0 Å². The van der Waals surface area contributed by atoms with E-state index in [9.17, 15) is 0 Å². The van der Waals surface area contributed by atoms with Gasteiger partial charge in [-0.05, 0) is 36.3 Å². The lowest BCUT2D eigenvalue weighted by Gasteiger charge is -2.11. The molecule has 1 aliphatic rings. The van der Waals surface area contributed by atoms with Gasteiger partial charge in [-0.2, -0.15) is 0 Å². The highest BCUT2D eigenvalue weighted by molar-refractivity contribution is 5.30. The molecule has 0 saturated carbocycles. The van der Waals surface area contributed by atoms with Crippen molar-refractivity contribution in [2.45, 2.75) is 52.4 Å². The second-order valence-electron chi connectivity index (χ2n) is 3.85. The van der Waals surface area contributed by atoms with Gasteiger partial charge in [0.25, 0.3) is 0 Å². The molecule has 0 fully saturated rings. The first-order valence-corrected chi connectivity index (χ1v) is 5.96. The fraction of sp³-hybridized carbons (Fsp3) is 0.571. The summed E-state index contributed by atoms with van der Waals surface area (Å²) in [5.41, 5.74) is 3.18. The van der Waals surface area contributed by atoms with E-state index in [0.29, 0.717) is 0 Å². The molecule has 1 unspecified atom stereocenters. The summed E-state index contributed by atoms with van der Waals surface area (Å²) < 4.78 is 0. The molecule has 0 amide bonds. The lowest BCUT2D eigenvalue weighted by molar-refractivity contribution is 0.635. The van der Waals surface area contributed by atoms with E-state index in [1.54, 1.807) is 11.1 Å². The monoisotopic (exact) mass is 190 g/mol. The summed E-state index contributed by atoms with van der Waals surface area (Å²) in [4.78, 5) is 0. The molecule has 0 N–H and O–H groups in total. The minimum Gasteiger partial charge on any atom is -0.0683 e. The van der Waals surface area contributed by atoms with Gasteiger partial charge in [-0.25, -0.2) is 0 Å². The summed E-state index contributed by atoms with van der Waals surface area (Å²) >= 11 is 0.